The molecule has 0 aliphatic heterocycles. The fourth-order valence-corrected chi connectivity index (χ4v) is 2.68. The smallest absolute Gasteiger partial charge is 0.272 e. The average Bonchev–Trinajstić information content (AvgIpc) is 3.18. The number of nitrogens with zero attached hydrogens (tertiary/aromatic N) is 1. The maximum Gasteiger partial charge on any atom is 0.272 e. The predicted octanol–water partition coefficient (Wildman–Crippen LogP) is 4.63. The minimum absolute atomic E-state index is 0.0124. The maximum absolute atomic E-state index is 13.8. The third-order valence-corrected chi connectivity index (χ3v) is 3.91. The van der Waals surface area contributed by atoms with E-state index in [2.05, 4.69) is 21.2 Å². The van der Waals surface area contributed by atoms with Crippen molar-refractivity contribution in [2.24, 2.45) is 0 Å². The summed E-state index contributed by atoms with van der Waals surface area (Å²) in [5, 5.41) is 2.55. The van der Waals surface area contributed by atoms with Crippen molar-refractivity contribution in [3.63, 3.8) is 0 Å². The Morgan fingerprint density at radius 1 is 1.45 bits per heavy atom. The molecule has 0 spiro atoms. The number of rotatable bonds is 3. The molecule has 1 aliphatic rings. The van der Waals surface area contributed by atoms with E-state index in [1.807, 2.05) is 10.8 Å². The summed E-state index contributed by atoms with van der Waals surface area (Å²) in [6.07, 6.45) is 4.00. The van der Waals surface area contributed by atoms with Crippen LogP contribution in [0.15, 0.2) is 34.9 Å². The molecule has 3 rings (SSSR count). The summed E-state index contributed by atoms with van der Waals surface area (Å²) in [5.74, 6) is -0.963. The fraction of sp³-hybridized carbons (Fsp3) is 0.214. The van der Waals surface area contributed by atoms with Gasteiger partial charge in [0.25, 0.3) is 5.91 Å². The zero-order valence-corrected chi connectivity index (χ0v) is 12.7. The van der Waals surface area contributed by atoms with E-state index in [1.165, 1.54) is 12.1 Å². The second-order valence-electron chi connectivity index (χ2n) is 4.74. The number of halogens is 3. The van der Waals surface area contributed by atoms with Gasteiger partial charge >= 0.3 is 0 Å². The van der Waals surface area contributed by atoms with Gasteiger partial charge in [-0.25, -0.2) is 4.39 Å². The monoisotopic (exact) mass is 356 g/mol. The second-order valence-corrected chi connectivity index (χ2v) is 6.06. The first-order valence-corrected chi connectivity index (χ1v) is 7.36. The van der Waals surface area contributed by atoms with Gasteiger partial charge in [-0.2, -0.15) is 0 Å². The third kappa shape index (κ3) is 2.60. The molecule has 1 saturated carbocycles. The lowest BCUT2D eigenvalue weighted by atomic mass is 10.3. The summed E-state index contributed by atoms with van der Waals surface area (Å²) < 4.78 is 16.5. The van der Waals surface area contributed by atoms with Crippen LogP contribution in [0.3, 0.4) is 0 Å². The lowest BCUT2D eigenvalue weighted by molar-refractivity contribution is 0.101. The van der Waals surface area contributed by atoms with Crippen LogP contribution in [0.1, 0.15) is 29.4 Å². The van der Waals surface area contributed by atoms with Gasteiger partial charge in [0.15, 0.2) is 5.82 Å². The molecule has 0 unspecified atom stereocenters. The highest BCUT2D eigenvalue weighted by molar-refractivity contribution is 9.10. The predicted molar refractivity (Wildman–Crippen MR) is 79.8 cm³/mol. The van der Waals surface area contributed by atoms with Crippen molar-refractivity contribution < 1.29 is 9.18 Å². The van der Waals surface area contributed by atoms with Crippen LogP contribution in [0.4, 0.5) is 10.1 Å². The summed E-state index contributed by atoms with van der Waals surface area (Å²) in [6, 6.07) is 6.62. The Bertz CT molecular complexity index is 682. The van der Waals surface area contributed by atoms with Crippen LogP contribution in [0.25, 0.3) is 0 Å². The summed E-state index contributed by atoms with van der Waals surface area (Å²) in [6.45, 7) is 0. The van der Waals surface area contributed by atoms with E-state index >= 15 is 0 Å². The van der Waals surface area contributed by atoms with Gasteiger partial charge in [-0.15, -0.1) is 0 Å². The van der Waals surface area contributed by atoms with Gasteiger partial charge < -0.3 is 9.88 Å². The number of carbonyl (C=O) groups is 1. The Kier molecular flexibility index (Phi) is 3.56. The highest BCUT2D eigenvalue weighted by Gasteiger charge is 2.28. The molecule has 1 aliphatic carbocycles. The SMILES string of the molecule is O=C(Nc1cccc(Cl)c1F)c1cc(Br)cn1C1CC1. The Morgan fingerprint density at radius 3 is 2.90 bits per heavy atom. The van der Waals surface area contributed by atoms with E-state index in [4.69, 9.17) is 11.6 Å². The zero-order valence-electron chi connectivity index (χ0n) is 10.4. The first-order chi connectivity index (χ1) is 9.56. The second kappa shape index (κ2) is 5.22. The van der Waals surface area contributed by atoms with Gasteiger partial charge in [0, 0.05) is 16.7 Å². The van der Waals surface area contributed by atoms with E-state index in [0.29, 0.717) is 11.7 Å². The molecular formula is C14H11BrClFN2O. The van der Waals surface area contributed by atoms with Gasteiger partial charge in [0.1, 0.15) is 5.69 Å². The van der Waals surface area contributed by atoms with E-state index in [9.17, 15) is 9.18 Å². The number of hydrogen-bond acceptors (Lipinski definition) is 1. The number of aromatic nitrogens is 1. The van der Waals surface area contributed by atoms with Crippen molar-refractivity contribution >= 4 is 39.1 Å². The molecule has 1 aromatic carbocycles. The fourth-order valence-electron chi connectivity index (χ4n) is 2.07. The van der Waals surface area contributed by atoms with Crippen molar-refractivity contribution in [1.29, 1.82) is 0 Å². The zero-order chi connectivity index (χ0) is 14.3. The Hall–Kier alpha value is -1.33. The molecular weight excluding hydrogens is 347 g/mol. The maximum atomic E-state index is 13.8. The Balaban J connectivity index is 1.88. The van der Waals surface area contributed by atoms with Crippen LogP contribution >= 0.6 is 27.5 Å². The molecule has 0 radical (unpaired) electrons. The van der Waals surface area contributed by atoms with Gasteiger partial charge in [0.2, 0.25) is 0 Å². The summed E-state index contributed by atoms with van der Waals surface area (Å²) >= 11 is 9.06. The molecule has 1 heterocycles. The molecule has 20 heavy (non-hydrogen) atoms. The Labute approximate surface area is 128 Å². The normalized spacial score (nSPS) is 14.3. The minimum atomic E-state index is -0.619. The molecule has 0 atom stereocenters. The molecule has 2 aromatic rings. The molecule has 6 heteroatoms. The number of carbonyl (C=O) groups excluding carboxylic acids is 1. The third-order valence-electron chi connectivity index (χ3n) is 3.19. The quantitative estimate of drug-likeness (QED) is 0.854. The van der Waals surface area contributed by atoms with E-state index in [1.54, 1.807) is 12.1 Å². The van der Waals surface area contributed by atoms with Crippen LogP contribution in [0, 0.1) is 5.82 Å². The summed E-state index contributed by atoms with van der Waals surface area (Å²) in [4.78, 5) is 12.3. The van der Waals surface area contributed by atoms with Crippen molar-refractivity contribution in [2.75, 3.05) is 5.32 Å². The molecule has 1 amide bonds. The number of anilines is 1. The van der Waals surface area contributed by atoms with E-state index < -0.39 is 5.82 Å². The van der Waals surface area contributed by atoms with Gasteiger partial charge in [-0.3, -0.25) is 4.79 Å². The molecule has 0 saturated heterocycles. The number of nitrogens with one attached hydrogen (secondary N) is 1. The molecule has 104 valence electrons. The van der Waals surface area contributed by atoms with Crippen LogP contribution in [-0.4, -0.2) is 10.5 Å². The van der Waals surface area contributed by atoms with Crippen molar-refractivity contribution in [3.05, 3.63) is 51.5 Å². The Morgan fingerprint density at radius 2 is 2.20 bits per heavy atom. The lowest BCUT2D eigenvalue weighted by Gasteiger charge is -2.09. The number of amides is 1. The molecule has 3 nitrogen and oxygen atoms in total. The molecule has 1 fully saturated rings. The summed E-state index contributed by atoms with van der Waals surface area (Å²) in [5.41, 5.74) is 0.598. The van der Waals surface area contributed by atoms with Gasteiger partial charge in [-0.05, 0) is 47.0 Å². The van der Waals surface area contributed by atoms with Crippen LogP contribution in [0.2, 0.25) is 5.02 Å². The minimum Gasteiger partial charge on any atom is -0.339 e. The van der Waals surface area contributed by atoms with Gasteiger partial charge in [0.05, 0.1) is 10.7 Å². The standard InChI is InChI=1S/C14H11BrClFN2O/c15-8-6-12(19(7-8)9-4-5-9)14(20)18-11-3-1-2-10(16)13(11)17/h1-3,6-7,9H,4-5H2,(H,18,20). The topological polar surface area (TPSA) is 34.0 Å². The van der Waals surface area contributed by atoms with E-state index in [-0.39, 0.29) is 16.6 Å². The molecule has 0 bridgehead atoms. The van der Waals surface area contributed by atoms with Crippen LogP contribution in [-0.2, 0) is 0 Å². The molecule has 1 aromatic heterocycles. The van der Waals surface area contributed by atoms with Crippen LogP contribution in [0.5, 0.6) is 0 Å². The van der Waals surface area contributed by atoms with Crippen LogP contribution < -0.4 is 5.32 Å². The van der Waals surface area contributed by atoms with Gasteiger partial charge in [-0.1, -0.05) is 17.7 Å². The average molecular weight is 358 g/mol. The van der Waals surface area contributed by atoms with Crippen molar-refractivity contribution in [2.45, 2.75) is 18.9 Å². The highest BCUT2D eigenvalue weighted by Crippen LogP contribution is 2.37. The first-order valence-electron chi connectivity index (χ1n) is 6.19. The van der Waals surface area contributed by atoms with E-state index in [0.717, 1.165) is 17.3 Å². The number of hydrogen-bond donors (Lipinski definition) is 1. The largest absolute Gasteiger partial charge is 0.339 e. The van der Waals surface area contributed by atoms with Crippen molar-refractivity contribution in [3.8, 4) is 0 Å². The highest BCUT2D eigenvalue weighted by atomic mass is 79.9. The lowest BCUT2D eigenvalue weighted by Crippen LogP contribution is -2.17. The first kappa shape index (κ1) is 13.6. The molecule has 1 N–H and O–H groups in total. The number of benzene rings is 1. The summed E-state index contributed by atoms with van der Waals surface area (Å²) in [7, 11) is 0. The van der Waals surface area contributed by atoms with Crippen molar-refractivity contribution in [1.82, 2.24) is 4.57 Å².